The van der Waals surface area contributed by atoms with Crippen LogP contribution in [0, 0.1) is 5.92 Å². The molecule has 2 aliphatic rings. The predicted molar refractivity (Wildman–Crippen MR) is 68.6 cm³/mol. The molecule has 0 bridgehead atoms. The molecule has 2 saturated heterocycles. The minimum Gasteiger partial charge on any atom is -0.368 e. The number of amides is 1. The minimum atomic E-state index is -0.160. The van der Waals surface area contributed by atoms with Crippen molar-refractivity contribution in [2.45, 2.75) is 51.1 Å². The van der Waals surface area contributed by atoms with Gasteiger partial charge >= 0.3 is 0 Å². The van der Waals surface area contributed by atoms with Crippen molar-refractivity contribution in [2.75, 3.05) is 19.6 Å². The number of carbonyl (C=O) groups excluding carboxylic acids is 1. The molecular weight excluding hydrogens is 214 g/mol. The highest BCUT2D eigenvalue weighted by Crippen LogP contribution is 2.26. The van der Waals surface area contributed by atoms with Gasteiger partial charge in [0.2, 0.25) is 5.91 Å². The van der Waals surface area contributed by atoms with Gasteiger partial charge in [-0.15, -0.1) is 0 Å². The average molecular weight is 239 g/mol. The van der Waals surface area contributed by atoms with E-state index in [1.165, 1.54) is 25.7 Å². The Kier molecular flexibility index (Phi) is 4.40. The summed E-state index contributed by atoms with van der Waals surface area (Å²) in [6.45, 7) is 5.28. The Morgan fingerprint density at radius 2 is 2.29 bits per heavy atom. The summed E-state index contributed by atoms with van der Waals surface area (Å²) in [5.74, 6) is 0.548. The normalized spacial score (nSPS) is 32.5. The molecule has 0 aliphatic carbocycles. The maximum Gasteiger partial charge on any atom is 0.234 e. The van der Waals surface area contributed by atoms with E-state index < -0.39 is 0 Å². The second-order valence-corrected chi connectivity index (χ2v) is 5.43. The van der Waals surface area contributed by atoms with Crippen LogP contribution in [0.2, 0.25) is 0 Å². The third-order valence-corrected chi connectivity index (χ3v) is 4.31. The molecule has 2 heterocycles. The highest BCUT2D eigenvalue weighted by atomic mass is 16.1. The molecule has 0 aromatic rings. The van der Waals surface area contributed by atoms with Gasteiger partial charge in [-0.2, -0.15) is 0 Å². The van der Waals surface area contributed by atoms with Gasteiger partial charge in [0.05, 0.1) is 6.04 Å². The molecule has 3 unspecified atom stereocenters. The molecule has 4 heteroatoms. The Labute approximate surface area is 104 Å². The average Bonchev–Trinajstić information content (AvgIpc) is 2.83. The highest BCUT2D eigenvalue weighted by Gasteiger charge is 2.32. The molecule has 98 valence electrons. The summed E-state index contributed by atoms with van der Waals surface area (Å²) >= 11 is 0. The number of hydrogen-bond donors (Lipinski definition) is 2. The molecule has 0 aromatic carbocycles. The fraction of sp³-hybridized carbons (Fsp3) is 0.923. The molecule has 2 aliphatic heterocycles. The second kappa shape index (κ2) is 5.83. The predicted octanol–water partition coefficient (Wildman–Crippen LogP) is 0.714. The number of piperidine rings is 1. The van der Waals surface area contributed by atoms with Gasteiger partial charge in [0.1, 0.15) is 0 Å². The van der Waals surface area contributed by atoms with E-state index in [-0.39, 0.29) is 11.9 Å². The fourth-order valence-corrected chi connectivity index (χ4v) is 3.41. The van der Waals surface area contributed by atoms with E-state index in [2.05, 4.69) is 10.2 Å². The van der Waals surface area contributed by atoms with E-state index in [1.807, 2.05) is 6.92 Å². The number of nitrogens with zero attached hydrogens (tertiary/aromatic N) is 1. The fourth-order valence-electron chi connectivity index (χ4n) is 3.41. The third kappa shape index (κ3) is 2.99. The Hall–Kier alpha value is -0.610. The first-order chi connectivity index (χ1) is 8.22. The standard InChI is InChI=1S/C13H25N3O/c1-2-12(13(14)17)16-8-4-5-10(9-16)11-6-3-7-15-11/h10-12,15H,2-9H2,1H3,(H2,14,17). The van der Waals surface area contributed by atoms with Crippen LogP contribution in [0.1, 0.15) is 39.0 Å². The lowest BCUT2D eigenvalue weighted by Gasteiger charge is -2.38. The quantitative estimate of drug-likeness (QED) is 0.760. The molecule has 2 fully saturated rings. The zero-order valence-corrected chi connectivity index (χ0v) is 10.8. The number of nitrogens with two attached hydrogens (primary N) is 1. The lowest BCUT2D eigenvalue weighted by molar-refractivity contribution is -0.124. The molecule has 0 saturated carbocycles. The first-order valence-electron chi connectivity index (χ1n) is 6.99. The summed E-state index contributed by atoms with van der Waals surface area (Å²) in [5, 5.41) is 3.59. The first kappa shape index (κ1) is 12.8. The summed E-state index contributed by atoms with van der Waals surface area (Å²) in [4.78, 5) is 13.7. The smallest absolute Gasteiger partial charge is 0.234 e. The maximum absolute atomic E-state index is 11.4. The van der Waals surface area contributed by atoms with E-state index in [4.69, 9.17) is 5.73 Å². The molecule has 0 radical (unpaired) electrons. The van der Waals surface area contributed by atoms with Gasteiger partial charge in [0, 0.05) is 12.6 Å². The van der Waals surface area contributed by atoms with Crippen LogP contribution in [0.5, 0.6) is 0 Å². The Morgan fingerprint density at radius 1 is 1.47 bits per heavy atom. The van der Waals surface area contributed by atoms with Crippen molar-refractivity contribution in [3.8, 4) is 0 Å². The van der Waals surface area contributed by atoms with Gasteiger partial charge in [0.25, 0.3) is 0 Å². The van der Waals surface area contributed by atoms with E-state index in [0.29, 0.717) is 12.0 Å². The van der Waals surface area contributed by atoms with Crippen molar-refractivity contribution in [3.05, 3.63) is 0 Å². The molecule has 1 amide bonds. The number of hydrogen-bond acceptors (Lipinski definition) is 3. The largest absolute Gasteiger partial charge is 0.368 e. The second-order valence-electron chi connectivity index (χ2n) is 5.43. The Bertz CT molecular complexity index is 263. The number of nitrogens with one attached hydrogen (secondary N) is 1. The van der Waals surface area contributed by atoms with Crippen molar-refractivity contribution in [1.29, 1.82) is 0 Å². The zero-order chi connectivity index (χ0) is 12.3. The minimum absolute atomic E-state index is 0.0563. The van der Waals surface area contributed by atoms with Crippen molar-refractivity contribution < 1.29 is 4.79 Å². The zero-order valence-electron chi connectivity index (χ0n) is 10.8. The topological polar surface area (TPSA) is 58.4 Å². The van der Waals surface area contributed by atoms with Crippen LogP contribution < -0.4 is 11.1 Å². The molecule has 2 rings (SSSR count). The molecule has 0 aromatic heterocycles. The van der Waals surface area contributed by atoms with Gasteiger partial charge < -0.3 is 11.1 Å². The van der Waals surface area contributed by atoms with Crippen LogP contribution in [0.4, 0.5) is 0 Å². The van der Waals surface area contributed by atoms with Gasteiger partial charge in [-0.3, -0.25) is 9.69 Å². The van der Waals surface area contributed by atoms with Gasteiger partial charge in [-0.05, 0) is 51.1 Å². The van der Waals surface area contributed by atoms with Crippen LogP contribution in [0.25, 0.3) is 0 Å². The Morgan fingerprint density at radius 3 is 2.88 bits per heavy atom. The molecule has 0 spiro atoms. The van der Waals surface area contributed by atoms with Crippen LogP contribution in [-0.2, 0) is 4.79 Å². The van der Waals surface area contributed by atoms with Crippen LogP contribution in [0.3, 0.4) is 0 Å². The van der Waals surface area contributed by atoms with Gasteiger partial charge in [0.15, 0.2) is 0 Å². The summed E-state index contributed by atoms with van der Waals surface area (Å²) in [5.41, 5.74) is 5.48. The van der Waals surface area contributed by atoms with Crippen molar-refractivity contribution in [1.82, 2.24) is 10.2 Å². The monoisotopic (exact) mass is 239 g/mol. The summed E-state index contributed by atoms with van der Waals surface area (Å²) in [7, 11) is 0. The number of primary amides is 1. The van der Waals surface area contributed by atoms with Crippen LogP contribution >= 0.6 is 0 Å². The molecule has 4 nitrogen and oxygen atoms in total. The van der Waals surface area contributed by atoms with Gasteiger partial charge in [-0.1, -0.05) is 6.92 Å². The third-order valence-electron chi connectivity index (χ3n) is 4.31. The van der Waals surface area contributed by atoms with E-state index in [0.717, 1.165) is 26.1 Å². The van der Waals surface area contributed by atoms with Crippen LogP contribution in [-0.4, -0.2) is 42.5 Å². The summed E-state index contributed by atoms with van der Waals surface area (Å²) < 4.78 is 0. The van der Waals surface area contributed by atoms with Gasteiger partial charge in [-0.25, -0.2) is 0 Å². The lowest BCUT2D eigenvalue weighted by Crippen LogP contribution is -2.51. The summed E-state index contributed by atoms with van der Waals surface area (Å²) in [6, 6.07) is 0.613. The number of carbonyl (C=O) groups is 1. The van der Waals surface area contributed by atoms with Crippen molar-refractivity contribution in [3.63, 3.8) is 0 Å². The maximum atomic E-state index is 11.4. The van der Waals surface area contributed by atoms with E-state index in [9.17, 15) is 4.79 Å². The number of likely N-dealkylation sites (tertiary alicyclic amines) is 1. The molecule has 3 N–H and O–H groups in total. The Balaban J connectivity index is 1.93. The van der Waals surface area contributed by atoms with Crippen molar-refractivity contribution in [2.24, 2.45) is 11.7 Å². The van der Waals surface area contributed by atoms with E-state index >= 15 is 0 Å². The molecular formula is C13H25N3O. The number of rotatable bonds is 4. The molecule has 17 heavy (non-hydrogen) atoms. The SMILES string of the molecule is CCC(C(N)=O)N1CCCC(C2CCCN2)C1. The highest BCUT2D eigenvalue weighted by molar-refractivity contribution is 5.79. The first-order valence-corrected chi connectivity index (χ1v) is 6.99. The lowest BCUT2D eigenvalue weighted by atomic mass is 9.89. The van der Waals surface area contributed by atoms with Crippen molar-refractivity contribution >= 4 is 5.91 Å². The van der Waals surface area contributed by atoms with E-state index in [1.54, 1.807) is 0 Å². The summed E-state index contributed by atoms with van der Waals surface area (Å²) in [6.07, 6.45) is 5.93. The van der Waals surface area contributed by atoms with Crippen LogP contribution in [0.15, 0.2) is 0 Å². The molecule has 3 atom stereocenters.